The first-order chi connectivity index (χ1) is 15.8. The monoisotopic (exact) mass is 445 g/mol. The molecule has 6 heteroatoms. The molecule has 0 atom stereocenters. The Hall–Kier alpha value is -3.28. The molecule has 1 amide bonds. The van der Waals surface area contributed by atoms with E-state index in [1.54, 1.807) is 0 Å². The number of amides is 1. The van der Waals surface area contributed by atoms with Crippen LogP contribution in [0.4, 0.5) is 0 Å². The lowest BCUT2D eigenvalue weighted by atomic mass is 9.81. The number of carbonyl (C=O) groups excluding carboxylic acids is 1. The number of hydrogen-bond acceptors (Lipinski definition) is 4. The van der Waals surface area contributed by atoms with E-state index in [9.17, 15) is 4.79 Å². The quantitative estimate of drug-likeness (QED) is 0.568. The van der Waals surface area contributed by atoms with E-state index >= 15 is 0 Å². The van der Waals surface area contributed by atoms with Gasteiger partial charge in [-0.05, 0) is 63.1 Å². The summed E-state index contributed by atoms with van der Waals surface area (Å²) in [6, 6.07) is 12.0. The fourth-order valence-electron chi connectivity index (χ4n) is 5.23. The van der Waals surface area contributed by atoms with Crippen LogP contribution in [-0.2, 0) is 12.6 Å². The van der Waals surface area contributed by atoms with Crippen LogP contribution in [0.1, 0.15) is 53.7 Å². The van der Waals surface area contributed by atoms with Crippen molar-refractivity contribution in [1.29, 1.82) is 0 Å². The zero-order valence-corrected chi connectivity index (χ0v) is 20.0. The molecule has 172 valence electrons. The molecule has 1 aromatic heterocycles. The topological polar surface area (TPSA) is 56.6 Å². The molecule has 0 radical (unpaired) electrons. The molecule has 2 aliphatic rings. The lowest BCUT2D eigenvalue weighted by Gasteiger charge is -2.44. The SMILES string of the molecule is Cc1cc(C(=O)N2CCC3(CC2)Oc2ccccc2-c2c3cnn2C)cc(C)c1OC(C)C. The maximum atomic E-state index is 13.4. The first kappa shape index (κ1) is 21.6. The molecule has 6 nitrogen and oxygen atoms in total. The van der Waals surface area contributed by atoms with E-state index in [1.165, 1.54) is 0 Å². The van der Waals surface area contributed by atoms with E-state index in [0.29, 0.717) is 18.7 Å². The standard InChI is InChI=1S/C27H31N3O3/c1-17(2)32-25-18(3)14-20(15-19(25)4)26(31)30-12-10-27(11-13-30)22-16-28-29(5)24(22)21-8-6-7-9-23(21)33-27/h6-9,14-17H,10-13H2,1-5H3. The van der Waals surface area contributed by atoms with Gasteiger partial charge in [0.15, 0.2) is 0 Å². The van der Waals surface area contributed by atoms with Gasteiger partial charge in [-0.15, -0.1) is 0 Å². The highest BCUT2D eigenvalue weighted by Crippen LogP contribution is 2.49. The van der Waals surface area contributed by atoms with Gasteiger partial charge in [0.05, 0.1) is 18.0 Å². The Labute approximate surface area is 195 Å². The number of para-hydroxylation sites is 1. The second kappa shape index (κ2) is 7.94. The van der Waals surface area contributed by atoms with Crippen LogP contribution in [0.5, 0.6) is 11.5 Å². The Bertz CT molecular complexity index is 1200. The third kappa shape index (κ3) is 3.58. The van der Waals surface area contributed by atoms with E-state index < -0.39 is 5.60 Å². The summed E-state index contributed by atoms with van der Waals surface area (Å²) in [4.78, 5) is 15.3. The van der Waals surface area contributed by atoms with E-state index in [2.05, 4.69) is 11.2 Å². The third-order valence-corrected chi connectivity index (χ3v) is 6.80. The van der Waals surface area contributed by atoms with Crippen LogP contribution in [0, 0.1) is 13.8 Å². The number of nitrogens with zero attached hydrogens (tertiary/aromatic N) is 3. The predicted molar refractivity (Wildman–Crippen MR) is 128 cm³/mol. The molecule has 3 heterocycles. The highest BCUT2D eigenvalue weighted by molar-refractivity contribution is 5.95. The molecule has 1 fully saturated rings. The Morgan fingerprint density at radius 1 is 1.12 bits per heavy atom. The van der Waals surface area contributed by atoms with E-state index in [-0.39, 0.29) is 12.0 Å². The van der Waals surface area contributed by atoms with Gasteiger partial charge < -0.3 is 14.4 Å². The Morgan fingerprint density at radius 3 is 2.45 bits per heavy atom. The molecule has 1 saturated heterocycles. The minimum absolute atomic E-state index is 0.0646. The number of likely N-dealkylation sites (tertiary alicyclic amines) is 1. The van der Waals surface area contributed by atoms with Crippen LogP contribution in [0.3, 0.4) is 0 Å². The summed E-state index contributed by atoms with van der Waals surface area (Å²) in [7, 11) is 1.98. The molecule has 0 aliphatic carbocycles. The van der Waals surface area contributed by atoms with Gasteiger partial charge in [0, 0.05) is 49.7 Å². The molecule has 0 saturated carbocycles. The van der Waals surface area contributed by atoms with Crippen molar-refractivity contribution in [2.24, 2.45) is 7.05 Å². The van der Waals surface area contributed by atoms with Gasteiger partial charge in [0.1, 0.15) is 17.1 Å². The normalized spacial score (nSPS) is 16.4. The smallest absolute Gasteiger partial charge is 0.253 e. The van der Waals surface area contributed by atoms with Crippen molar-refractivity contribution in [3.63, 3.8) is 0 Å². The van der Waals surface area contributed by atoms with Crippen LogP contribution >= 0.6 is 0 Å². The molecule has 33 heavy (non-hydrogen) atoms. The summed E-state index contributed by atoms with van der Waals surface area (Å²) < 4.78 is 14.5. The first-order valence-electron chi connectivity index (χ1n) is 11.7. The van der Waals surface area contributed by atoms with Crippen molar-refractivity contribution in [3.8, 4) is 22.8 Å². The van der Waals surface area contributed by atoms with Gasteiger partial charge in [0.25, 0.3) is 5.91 Å². The summed E-state index contributed by atoms with van der Waals surface area (Å²) in [5.74, 6) is 1.83. The van der Waals surface area contributed by atoms with Gasteiger partial charge in [-0.25, -0.2) is 0 Å². The van der Waals surface area contributed by atoms with E-state index in [1.807, 2.05) is 80.9 Å². The largest absolute Gasteiger partial charge is 0.490 e. The van der Waals surface area contributed by atoms with Crippen LogP contribution in [0.15, 0.2) is 42.6 Å². The molecular weight excluding hydrogens is 414 g/mol. The minimum Gasteiger partial charge on any atom is -0.490 e. The van der Waals surface area contributed by atoms with Crippen molar-refractivity contribution >= 4 is 5.91 Å². The summed E-state index contributed by atoms with van der Waals surface area (Å²) >= 11 is 0. The molecule has 0 bridgehead atoms. The Balaban J connectivity index is 1.38. The predicted octanol–water partition coefficient (Wildman–Crippen LogP) is 5.02. The molecule has 5 rings (SSSR count). The van der Waals surface area contributed by atoms with Crippen LogP contribution in [-0.4, -0.2) is 39.8 Å². The lowest BCUT2D eigenvalue weighted by molar-refractivity contribution is -0.00173. The number of piperidine rings is 1. The molecular formula is C27H31N3O3. The van der Waals surface area contributed by atoms with Crippen LogP contribution in [0.2, 0.25) is 0 Å². The van der Waals surface area contributed by atoms with Crippen molar-refractivity contribution < 1.29 is 14.3 Å². The van der Waals surface area contributed by atoms with Gasteiger partial charge in [0.2, 0.25) is 0 Å². The lowest BCUT2D eigenvalue weighted by Crippen LogP contribution is -2.49. The molecule has 0 N–H and O–H groups in total. The Morgan fingerprint density at radius 2 is 1.79 bits per heavy atom. The van der Waals surface area contributed by atoms with E-state index in [0.717, 1.165) is 52.3 Å². The summed E-state index contributed by atoms with van der Waals surface area (Å²) in [5, 5.41) is 4.54. The first-order valence-corrected chi connectivity index (χ1v) is 11.7. The maximum absolute atomic E-state index is 13.4. The number of aryl methyl sites for hydroxylation is 3. The molecule has 2 aromatic carbocycles. The second-order valence-electron chi connectivity index (χ2n) is 9.52. The number of carbonyl (C=O) groups is 1. The number of hydrogen-bond donors (Lipinski definition) is 0. The van der Waals surface area contributed by atoms with Gasteiger partial charge in [-0.3, -0.25) is 9.48 Å². The fraction of sp³-hybridized carbons (Fsp3) is 0.407. The Kier molecular flexibility index (Phi) is 5.19. The second-order valence-corrected chi connectivity index (χ2v) is 9.52. The fourth-order valence-corrected chi connectivity index (χ4v) is 5.23. The van der Waals surface area contributed by atoms with E-state index in [4.69, 9.17) is 9.47 Å². The number of rotatable bonds is 3. The van der Waals surface area contributed by atoms with Gasteiger partial charge in [-0.1, -0.05) is 12.1 Å². The number of benzene rings is 2. The average molecular weight is 446 g/mol. The van der Waals surface area contributed by atoms with Crippen molar-refractivity contribution in [2.45, 2.75) is 52.2 Å². The van der Waals surface area contributed by atoms with Gasteiger partial charge in [-0.2, -0.15) is 5.10 Å². The number of ether oxygens (including phenoxy) is 2. The highest BCUT2D eigenvalue weighted by Gasteiger charge is 2.45. The van der Waals surface area contributed by atoms with Gasteiger partial charge >= 0.3 is 0 Å². The number of fused-ring (bicyclic) bond motifs is 4. The zero-order chi connectivity index (χ0) is 23.3. The molecule has 3 aromatic rings. The zero-order valence-electron chi connectivity index (χ0n) is 20.0. The van der Waals surface area contributed by atoms with Crippen LogP contribution < -0.4 is 9.47 Å². The third-order valence-electron chi connectivity index (χ3n) is 6.80. The van der Waals surface area contributed by atoms with Crippen molar-refractivity contribution in [3.05, 3.63) is 64.8 Å². The average Bonchev–Trinajstić information content (AvgIpc) is 3.19. The van der Waals surface area contributed by atoms with Crippen LogP contribution in [0.25, 0.3) is 11.3 Å². The highest BCUT2D eigenvalue weighted by atomic mass is 16.5. The number of aromatic nitrogens is 2. The molecule has 2 aliphatic heterocycles. The summed E-state index contributed by atoms with van der Waals surface area (Å²) in [6.45, 7) is 9.31. The minimum atomic E-state index is -0.449. The summed E-state index contributed by atoms with van der Waals surface area (Å²) in [6.07, 6.45) is 3.50. The summed E-state index contributed by atoms with van der Waals surface area (Å²) in [5.41, 5.74) is 5.57. The van der Waals surface area contributed by atoms with Crippen molar-refractivity contribution in [2.75, 3.05) is 13.1 Å². The molecule has 0 unspecified atom stereocenters. The molecule has 1 spiro atoms. The maximum Gasteiger partial charge on any atom is 0.253 e. The van der Waals surface area contributed by atoms with Crippen molar-refractivity contribution in [1.82, 2.24) is 14.7 Å².